The highest BCUT2D eigenvalue weighted by molar-refractivity contribution is 5.92. The minimum Gasteiger partial charge on any atom is -0.349 e. The summed E-state index contributed by atoms with van der Waals surface area (Å²) in [6, 6.07) is 2.35. The molecule has 1 atom stereocenters. The molecule has 2 heterocycles. The summed E-state index contributed by atoms with van der Waals surface area (Å²) in [7, 11) is 0. The van der Waals surface area contributed by atoms with Crippen LogP contribution in [0.3, 0.4) is 0 Å². The Morgan fingerprint density at radius 2 is 2.40 bits per heavy atom. The molecule has 0 bridgehead atoms. The molecule has 0 saturated carbocycles. The van der Waals surface area contributed by atoms with Crippen molar-refractivity contribution in [3.8, 4) is 0 Å². The molecule has 0 aromatic carbocycles. The van der Waals surface area contributed by atoms with E-state index in [-0.39, 0.29) is 5.91 Å². The Labute approximate surface area is 121 Å². The number of nitrogens with one attached hydrogen (secondary N) is 2. The average Bonchev–Trinajstić information content (AvgIpc) is 3.04. The van der Waals surface area contributed by atoms with E-state index < -0.39 is 0 Å². The molecule has 1 aromatic rings. The lowest BCUT2D eigenvalue weighted by Crippen LogP contribution is -2.37. The topological polar surface area (TPSA) is 59.0 Å². The molecule has 5 nitrogen and oxygen atoms in total. The molecule has 0 aliphatic carbocycles. The van der Waals surface area contributed by atoms with Crippen LogP contribution in [0.2, 0.25) is 0 Å². The lowest BCUT2D eigenvalue weighted by molar-refractivity contribution is 0.0939. The van der Waals surface area contributed by atoms with Crippen molar-refractivity contribution < 1.29 is 4.79 Å². The molecule has 1 amide bonds. The number of hydrogen-bond acceptors (Lipinski definition) is 3. The lowest BCUT2D eigenvalue weighted by Gasteiger charge is -2.11. The maximum atomic E-state index is 12.3. The Kier molecular flexibility index (Phi) is 5.17. The van der Waals surface area contributed by atoms with Gasteiger partial charge in [0.1, 0.15) is 5.69 Å². The van der Waals surface area contributed by atoms with Crippen molar-refractivity contribution in [2.24, 2.45) is 5.92 Å². The minimum absolute atomic E-state index is 0.0111. The van der Waals surface area contributed by atoms with Crippen LogP contribution in [0.1, 0.15) is 49.8 Å². The summed E-state index contributed by atoms with van der Waals surface area (Å²) >= 11 is 0. The van der Waals surface area contributed by atoms with E-state index >= 15 is 0 Å². The second-order valence-corrected chi connectivity index (χ2v) is 5.94. The van der Waals surface area contributed by atoms with E-state index in [0.29, 0.717) is 24.2 Å². The van der Waals surface area contributed by atoms with Crippen molar-refractivity contribution in [1.82, 2.24) is 20.4 Å². The van der Waals surface area contributed by atoms with Crippen LogP contribution in [-0.4, -0.2) is 34.8 Å². The predicted octanol–water partition coefficient (Wildman–Crippen LogP) is 1.58. The Hall–Kier alpha value is -1.36. The second kappa shape index (κ2) is 6.88. The minimum atomic E-state index is -0.0111. The summed E-state index contributed by atoms with van der Waals surface area (Å²) in [6.45, 7) is 8.83. The zero-order valence-corrected chi connectivity index (χ0v) is 12.8. The normalized spacial score (nSPS) is 18.7. The Bertz CT molecular complexity index is 447. The van der Waals surface area contributed by atoms with Crippen molar-refractivity contribution in [1.29, 1.82) is 0 Å². The van der Waals surface area contributed by atoms with Gasteiger partial charge in [0.05, 0.1) is 5.69 Å². The van der Waals surface area contributed by atoms with E-state index in [0.717, 1.165) is 31.6 Å². The fourth-order valence-corrected chi connectivity index (χ4v) is 2.65. The molecule has 5 heteroatoms. The maximum absolute atomic E-state index is 12.3. The number of nitrogens with zero attached hydrogens (tertiary/aromatic N) is 2. The quantitative estimate of drug-likeness (QED) is 0.830. The van der Waals surface area contributed by atoms with E-state index in [1.54, 1.807) is 4.68 Å². The molecule has 112 valence electrons. The number of aromatic nitrogens is 2. The van der Waals surface area contributed by atoms with Gasteiger partial charge >= 0.3 is 0 Å². The zero-order valence-electron chi connectivity index (χ0n) is 12.8. The molecule has 1 aliphatic heterocycles. The SMILES string of the molecule is CCn1nc(CC(C)C)cc1C(=O)NC[C@@H]1CCCN1. The molecule has 1 aromatic heterocycles. The maximum Gasteiger partial charge on any atom is 0.269 e. The first-order chi connectivity index (χ1) is 9.60. The fourth-order valence-electron chi connectivity index (χ4n) is 2.65. The Morgan fingerprint density at radius 1 is 1.60 bits per heavy atom. The summed E-state index contributed by atoms with van der Waals surface area (Å²) < 4.78 is 1.80. The highest BCUT2D eigenvalue weighted by Crippen LogP contribution is 2.10. The Balaban J connectivity index is 1.98. The lowest BCUT2D eigenvalue weighted by atomic mass is 10.1. The van der Waals surface area contributed by atoms with Crippen molar-refractivity contribution in [3.05, 3.63) is 17.5 Å². The van der Waals surface area contributed by atoms with Crippen molar-refractivity contribution in [3.63, 3.8) is 0 Å². The predicted molar refractivity (Wildman–Crippen MR) is 79.8 cm³/mol. The van der Waals surface area contributed by atoms with Crippen LogP contribution >= 0.6 is 0 Å². The van der Waals surface area contributed by atoms with Gasteiger partial charge in [-0.15, -0.1) is 0 Å². The third-order valence-corrected chi connectivity index (χ3v) is 3.65. The average molecular weight is 278 g/mol. The first-order valence-corrected chi connectivity index (χ1v) is 7.68. The van der Waals surface area contributed by atoms with Gasteiger partial charge in [0, 0.05) is 19.1 Å². The Morgan fingerprint density at radius 3 is 3.00 bits per heavy atom. The van der Waals surface area contributed by atoms with Gasteiger partial charge in [-0.3, -0.25) is 9.48 Å². The smallest absolute Gasteiger partial charge is 0.269 e. The first kappa shape index (κ1) is 15.0. The van der Waals surface area contributed by atoms with Gasteiger partial charge in [-0.05, 0) is 44.7 Å². The number of aryl methyl sites for hydroxylation is 1. The molecule has 1 aliphatic rings. The summed E-state index contributed by atoms with van der Waals surface area (Å²) in [5.41, 5.74) is 1.69. The summed E-state index contributed by atoms with van der Waals surface area (Å²) in [5.74, 6) is 0.539. The van der Waals surface area contributed by atoms with Crippen LogP contribution in [0.5, 0.6) is 0 Å². The van der Waals surface area contributed by atoms with Crippen LogP contribution in [0.25, 0.3) is 0 Å². The van der Waals surface area contributed by atoms with E-state index in [1.807, 2.05) is 13.0 Å². The molecular weight excluding hydrogens is 252 g/mol. The van der Waals surface area contributed by atoms with E-state index in [1.165, 1.54) is 6.42 Å². The van der Waals surface area contributed by atoms with Crippen LogP contribution in [0.15, 0.2) is 6.07 Å². The summed E-state index contributed by atoms with van der Waals surface area (Å²) in [5, 5.41) is 10.9. The molecule has 20 heavy (non-hydrogen) atoms. The third-order valence-electron chi connectivity index (χ3n) is 3.65. The molecule has 2 N–H and O–H groups in total. The van der Waals surface area contributed by atoms with Gasteiger partial charge < -0.3 is 10.6 Å². The molecule has 1 saturated heterocycles. The van der Waals surface area contributed by atoms with E-state index in [2.05, 4.69) is 29.6 Å². The van der Waals surface area contributed by atoms with Crippen molar-refractivity contribution >= 4 is 5.91 Å². The molecule has 0 unspecified atom stereocenters. The standard InChI is InChI=1S/C15H26N4O/c1-4-19-14(9-13(18-19)8-11(2)3)15(20)17-10-12-6-5-7-16-12/h9,11-12,16H,4-8,10H2,1-3H3,(H,17,20)/t12-/m0/s1. The van der Waals surface area contributed by atoms with Gasteiger partial charge in [0.15, 0.2) is 0 Å². The zero-order chi connectivity index (χ0) is 14.5. The van der Waals surface area contributed by atoms with E-state index in [4.69, 9.17) is 0 Å². The highest BCUT2D eigenvalue weighted by Gasteiger charge is 2.18. The van der Waals surface area contributed by atoms with E-state index in [9.17, 15) is 4.79 Å². The number of carbonyl (C=O) groups excluding carboxylic acids is 1. The largest absolute Gasteiger partial charge is 0.349 e. The molecular formula is C15H26N4O. The summed E-state index contributed by atoms with van der Waals surface area (Å²) in [6.07, 6.45) is 3.26. The number of amides is 1. The van der Waals surface area contributed by atoms with Crippen LogP contribution in [0, 0.1) is 5.92 Å². The summed E-state index contributed by atoms with van der Waals surface area (Å²) in [4.78, 5) is 12.3. The van der Waals surface area contributed by atoms with Gasteiger partial charge in [-0.25, -0.2) is 0 Å². The molecule has 1 fully saturated rings. The molecule has 2 rings (SSSR count). The van der Waals surface area contributed by atoms with Gasteiger partial charge in [-0.1, -0.05) is 13.8 Å². The van der Waals surface area contributed by atoms with Crippen LogP contribution < -0.4 is 10.6 Å². The number of rotatable bonds is 6. The molecule has 0 spiro atoms. The monoisotopic (exact) mass is 278 g/mol. The number of carbonyl (C=O) groups is 1. The number of hydrogen-bond donors (Lipinski definition) is 2. The third kappa shape index (κ3) is 3.82. The van der Waals surface area contributed by atoms with Gasteiger partial charge in [-0.2, -0.15) is 5.10 Å². The van der Waals surface area contributed by atoms with Crippen LogP contribution in [-0.2, 0) is 13.0 Å². The van der Waals surface area contributed by atoms with Crippen molar-refractivity contribution in [2.45, 2.75) is 52.6 Å². The fraction of sp³-hybridized carbons (Fsp3) is 0.733. The van der Waals surface area contributed by atoms with Crippen LogP contribution in [0.4, 0.5) is 0 Å². The highest BCUT2D eigenvalue weighted by atomic mass is 16.2. The second-order valence-electron chi connectivity index (χ2n) is 5.94. The first-order valence-electron chi connectivity index (χ1n) is 7.68. The van der Waals surface area contributed by atoms with Gasteiger partial charge in [0.2, 0.25) is 0 Å². The molecule has 0 radical (unpaired) electrons. The van der Waals surface area contributed by atoms with Crippen molar-refractivity contribution in [2.75, 3.05) is 13.1 Å². The van der Waals surface area contributed by atoms with Gasteiger partial charge in [0.25, 0.3) is 5.91 Å².